The number of hydrogen-bond acceptors (Lipinski definition) is 4. The summed E-state index contributed by atoms with van der Waals surface area (Å²) >= 11 is 0. The van der Waals surface area contributed by atoms with Crippen molar-refractivity contribution in [1.29, 1.82) is 0 Å². The van der Waals surface area contributed by atoms with Crippen molar-refractivity contribution >= 4 is 11.9 Å². The van der Waals surface area contributed by atoms with Crippen LogP contribution in [0.15, 0.2) is 24.8 Å². The van der Waals surface area contributed by atoms with E-state index in [-0.39, 0.29) is 6.42 Å². The van der Waals surface area contributed by atoms with Crippen molar-refractivity contribution in [3.8, 4) is 0 Å². The molecule has 0 heterocycles. The minimum Gasteiger partial charge on any atom is -0.549 e. The predicted octanol–water partition coefficient (Wildman–Crippen LogP) is -1.77. The molecule has 0 fully saturated rings. The molecule has 66 valence electrons. The van der Waals surface area contributed by atoms with E-state index >= 15 is 0 Å². The molecule has 4 nitrogen and oxygen atoms in total. The number of rotatable bonds is 5. The molecule has 1 atom stereocenters. The van der Waals surface area contributed by atoms with Crippen LogP contribution in [-0.2, 0) is 9.59 Å². The number of aliphatic carboxylic acids is 2. The van der Waals surface area contributed by atoms with Crippen molar-refractivity contribution in [3.05, 3.63) is 24.8 Å². The van der Waals surface area contributed by atoms with Crippen LogP contribution in [0.1, 0.15) is 6.42 Å². The first-order valence-corrected chi connectivity index (χ1v) is 3.22. The van der Waals surface area contributed by atoms with Gasteiger partial charge in [-0.1, -0.05) is 12.7 Å². The molecule has 0 amide bonds. The van der Waals surface area contributed by atoms with E-state index in [1.807, 2.05) is 0 Å². The fourth-order valence-electron chi connectivity index (χ4n) is 0.690. The topological polar surface area (TPSA) is 80.3 Å². The van der Waals surface area contributed by atoms with Crippen molar-refractivity contribution in [2.75, 3.05) is 0 Å². The quantitative estimate of drug-likeness (QED) is 0.359. The second kappa shape index (κ2) is 4.33. The first-order chi connectivity index (χ1) is 5.50. The van der Waals surface area contributed by atoms with E-state index in [1.165, 1.54) is 6.08 Å². The molecule has 0 aromatic rings. The van der Waals surface area contributed by atoms with Crippen LogP contribution < -0.4 is 10.2 Å². The normalized spacial score (nSPS) is 11.7. The molecule has 4 heteroatoms. The van der Waals surface area contributed by atoms with Crippen molar-refractivity contribution in [3.63, 3.8) is 0 Å². The summed E-state index contributed by atoms with van der Waals surface area (Å²) in [7, 11) is 0. The number of carboxylic acids is 2. The molecule has 0 saturated heterocycles. The van der Waals surface area contributed by atoms with Gasteiger partial charge >= 0.3 is 0 Å². The Balaban J connectivity index is 4.50. The summed E-state index contributed by atoms with van der Waals surface area (Å²) in [5.41, 5.74) is -0.491. The molecule has 0 aliphatic rings. The van der Waals surface area contributed by atoms with Gasteiger partial charge in [-0.05, 0) is 12.0 Å². The highest BCUT2D eigenvalue weighted by molar-refractivity contribution is 5.91. The molecule has 0 radical (unpaired) electrons. The van der Waals surface area contributed by atoms with Crippen molar-refractivity contribution in [2.24, 2.45) is 5.92 Å². The van der Waals surface area contributed by atoms with Crippen LogP contribution in [0.2, 0.25) is 0 Å². The Morgan fingerprint density at radius 1 is 1.42 bits per heavy atom. The van der Waals surface area contributed by atoms with Crippen molar-refractivity contribution in [1.82, 2.24) is 0 Å². The van der Waals surface area contributed by atoms with E-state index in [0.29, 0.717) is 0 Å². The molecule has 0 aliphatic heterocycles. The maximum atomic E-state index is 10.3. The molecule has 0 aliphatic carbocycles. The highest BCUT2D eigenvalue weighted by Gasteiger charge is 2.12. The van der Waals surface area contributed by atoms with Gasteiger partial charge in [-0.2, -0.15) is 0 Å². The van der Waals surface area contributed by atoms with Gasteiger partial charge in [0.05, 0.1) is 5.97 Å². The zero-order valence-electron chi connectivity index (χ0n) is 6.41. The fraction of sp³-hybridized carbons (Fsp3) is 0.250. The molecule has 12 heavy (non-hydrogen) atoms. The third kappa shape index (κ3) is 2.57. The van der Waals surface area contributed by atoms with Gasteiger partial charge in [-0.15, -0.1) is 6.58 Å². The van der Waals surface area contributed by atoms with Crippen LogP contribution in [0, 0.1) is 5.92 Å². The molecule has 0 rings (SSSR count). The summed E-state index contributed by atoms with van der Waals surface area (Å²) in [6.45, 7) is 6.34. The zero-order valence-corrected chi connectivity index (χ0v) is 6.41. The smallest absolute Gasteiger partial charge is 0.0675 e. The second-order valence-corrected chi connectivity index (χ2v) is 2.21. The molecule has 0 spiro atoms. The number of allylic oxidation sites excluding steroid dienone is 1. The zero-order chi connectivity index (χ0) is 9.72. The van der Waals surface area contributed by atoms with Gasteiger partial charge in [0, 0.05) is 11.9 Å². The lowest BCUT2D eigenvalue weighted by Crippen LogP contribution is -2.37. The van der Waals surface area contributed by atoms with E-state index in [1.54, 1.807) is 0 Å². The van der Waals surface area contributed by atoms with E-state index in [9.17, 15) is 19.8 Å². The SMILES string of the molecule is C=CCC(C(=C)C(=O)[O-])C(=O)[O-]. The summed E-state index contributed by atoms with van der Waals surface area (Å²) in [4.78, 5) is 20.5. The Labute approximate surface area is 69.8 Å². The summed E-state index contributed by atoms with van der Waals surface area (Å²) in [6.07, 6.45) is 1.27. The van der Waals surface area contributed by atoms with E-state index in [2.05, 4.69) is 13.2 Å². The molecule has 0 aromatic carbocycles. The highest BCUT2D eigenvalue weighted by Crippen LogP contribution is 2.12. The van der Waals surface area contributed by atoms with Gasteiger partial charge < -0.3 is 19.8 Å². The third-order valence-corrected chi connectivity index (χ3v) is 1.37. The Morgan fingerprint density at radius 3 is 2.17 bits per heavy atom. The van der Waals surface area contributed by atoms with Crippen LogP contribution in [0.3, 0.4) is 0 Å². The predicted molar refractivity (Wildman–Crippen MR) is 37.5 cm³/mol. The lowest BCUT2D eigenvalue weighted by molar-refractivity contribution is -0.314. The van der Waals surface area contributed by atoms with Gasteiger partial charge in [0.2, 0.25) is 0 Å². The van der Waals surface area contributed by atoms with Gasteiger partial charge in [0.25, 0.3) is 0 Å². The van der Waals surface area contributed by atoms with E-state index in [0.717, 1.165) is 0 Å². The number of carboxylic acid groups (broad SMARTS) is 2. The average molecular weight is 168 g/mol. The molecule has 0 N–H and O–H groups in total. The number of carbonyl (C=O) groups is 2. The van der Waals surface area contributed by atoms with Crippen LogP contribution in [0.25, 0.3) is 0 Å². The van der Waals surface area contributed by atoms with Crippen LogP contribution >= 0.6 is 0 Å². The second-order valence-electron chi connectivity index (χ2n) is 2.21. The van der Waals surface area contributed by atoms with Crippen LogP contribution in [-0.4, -0.2) is 11.9 Å². The Hall–Kier alpha value is -1.58. The Kier molecular flexibility index (Phi) is 3.76. The minimum absolute atomic E-state index is 0.0187. The van der Waals surface area contributed by atoms with Crippen LogP contribution in [0.5, 0.6) is 0 Å². The lowest BCUT2D eigenvalue weighted by atomic mass is 9.97. The number of carbonyl (C=O) groups excluding carboxylic acids is 2. The van der Waals surface area contributed by atoms with Crippen LogP contribution in [0.4, 0.5) is 0 Å². The molecule has 0 saturated carbocycles. The minimum atomic E-state index is -1.58. The molecular formula is C8H8O4-2. The summed E-state index contributed by atoms with van der Waals surface area (Å²) in [5, 5.41) is 20.5. The number of hydrogen-bond donors (Lipinski definition) is 0. The summed E-state index contributed by atoms with van der Waals surface area (Å²) in [6, 6.07) is 0. The maximum Gasteiger partial charge on any atom is 0.0675 e. The third-order valence-electron chi connectivity index (χ3n) is 1.37. The standard InChI is InChI=1S/C8H10O4/c1-3-4-6(8(11)12)5(2)7(9)10/h3,6H,1-2,4H2,(H,9,10)(H,11,12)/p-2. The maximum absolute atomic E-state index is 10.3. The molecular weight excluding hydrogens is 160 g/mol. The average Bonchev–Trinajstić information content (AvgIpc) is 1.98. The van der Waals surface area contributed by atoms with E-state index in [4.69, 9.17) is 0 Å². The lowest BCUT2D eigenvalue weighted by Gasteiger charge is -2.19. The Morgan fingerprint density at radius 2 is 1.92 bits per heavy atom. The molecule has 0 aromatic heterocycles. The largest absolute Gasteiger partial charge is 0.549 e. The first-order valence-electron chi connectivity index (χ1n) is 3.22. The van der Waals surface area contributed by atoms with Gasteiger partial charge in [-0.3, -0.25) is 0 Å². The monoisotopic (exact) mass is 168 g/mol. The Bertz CT molecular complexity index is 229. The molecule has 1 unspecified atom stereocenters. The van der Waals surface area contributed by atoms with Crippen molar-refractivity contribution < 1.29 is 19.8 Å². The van der Waals surface area contributed by atoms with Gasteiger partial charge in [0.15, 0.2) is 0 Å². The highest BCUT2D eigenvalue weighted by atomic mass is 16.4. The van der Waals surface area contributed by atoms with Gasteiger partial charge in [0.1, 0.15) is 0 Å². The van der Waals surface area contributed by atoms with E-state index < -0.39 is 23.4 Å². The summed E-state index contributed by atoms with van der Waals surface area (Å²) < 4.78 is 0. The van der Waals surface area contributed by atoms with Gasteiger partial charge in [-0.25, -0.2) is 0 Å². The van der Waals surface area contributed by atoms with Crippen molar-refractivity contribution in [2.45, 2.75) is 6.42 Å². The molecule has 0 bridgehead atoms. The fourth-order valence-corrected chi connectivity index (χ4v) is 0.690. The first kappa shape index (κ1) is 10.4. The summed E-state index contributed by atoms with van der Waals surface area (Å²) in [5.74, 6) is -4.30.